The van der Waals surface area contributed by atoms with Crippen LogP contribution in [0.25, 0.3) is 0 Å². The number of rotatable bonds is 7. The molecule has 2 aromatic carbocycles. The average Bonchev–Trinajstić information content (AvgIpc) is 2.64. The molecule has 0 aliphatic heterocycles. The van der Waals surface area contributed by atoms with Crippen LogP contribution in [0.15, 0.2) is 53.6 Å². The summed E-state index contributed by atoms with van der Waals surface area (Å²) in [5, 5.41) is 7.42. The van der Waals surface area contributed by atoms with Gasteiger partial charge in [0.2, 0.25) is 0 Å². The second kappa shape index (κ2) is 10.1. The monoisotopic (exact) mass is 371 g/mol. The Labute approximate surface area is 158 Å². The van der Waals surface area contributed by atoms with Crippen molar-refractivity contribution in [2.75, 3.05) is 13.2 Å². The Kier molecular flexibility index (Phi) is 7.57. The Morgan fingerprint density at radius 2 is 1.73 bits per heavy atom. The first-order chi connectivity index (χ1) is 12.6. The Bertz CT molecular complexity index is 759. The van der Waals surface area contributed by atoms with E-state index in [0.717, 1.165) is 17.9 Å². The van der Waals surface area contributed by atoms with Gasteiger partial charge in [-0.3, -0.25) is 5.43 Å². The standard InChI is InChI=1S/C19H21N3O3S/c1-3-20-19(26)22-21-13-14-5-9-17(10-6-14)25-18(23)15-7-11-16(12-8-15)24-4-2/h5-13H,3-4H2,1-2H3,(H2,20,22,26)/b21-13-. The van der Waals surface area contributed by atoms with Crippen LogP contribution in [0.4, 0.5) is 0 Å². The van der Waals surface area contributed by atoms with Crippen LogP contribution >= 0.6 is 12.2 Å². The van der Waals surface area contributed by atoms with E-state index < -0.39 is 5.97 Å². The second-order valence-electron chi connectivity index (χ2n) is 5.15. The third kappa shape index (κ3) is 6.18. The summed E-state index contributed by atoms with van der Waals surface area (Å²) in [6, 6.07) is 13.8. The molecule has 0 saturated heterocycles. The summed E-state index contributed by atoms with van der Waals surface area (Å²) in [4.78, 5) is 12.2. The lowest BCUT2D eigenvalue weighted by Crippen LogP contribution is -2.31. The molecule has 0 radical (unpaired) electrons. The topological polar surface area (TPSA) is 72.0 Å². The first-order valence-electron chi connectivity index (χ1n) is 8.24. The molecule has 0 amide bonds. The van der Waals surface area contributed by atoms with Crippen molar-refractivity contribution in [1.29, 1.82) is 0 Å². The number of hydrogen-bond acceptors (Lipinski definition) is 5. The predicted octanol–water partition coefficient (Wildman–Crippen LogP) is 3.12. The lowest BCUT2D eigenvalue weighted by Gasteiger charge is -2.06. The van der Waals surface area contributed by atoms with Gasteiger partial charge in [0.1, 0.15) is 11.5 Å². The van der Waals surface area contributed by atoms with E-state index in [2.05, 4.69) is 15.8 Å². The van der Waals surface area contributed by atoms with Crippen molar-refractivity contribution < 1.29 is 14.3 Å². The molecule has 0 aliphatic rings. The number of ether oxygens (including phenoxy) is 2. The molecule has 0 atom stereocenters. The zero-order chi connectivity index (χ0) is 18.8. The fourth-order valence-corrected chi connectivity index (χ4v) is 2.20. The van der Waals surface area contributed by atoms with Crippen LogP contribution < -0.4 is 20.2 Å². The largest absolute Gasteiger partial charge is 0.494 e. The molecule has 2 rings (SSSR count). The van der Waals surface area contributed by atoms with E-state index >= 15 is 0 Å². The molecule has 6 nitrogen and oxygen atoms in total. The quantitative estimate of drug-likeness (QED) is 0.256. The van der Waals surface area contributed by atoms with Crippen molar-refractivity contribution >= 4 is 29.5 Å². The lowest BCUT2D eigenvalue weighted by molar-refractivity contribution is 0.0734. The van der Waals surface area contributed by atoms with Crippen LogP contribution in [0, 0.1) is 0 Å². The molecule has 0 heterocycles. The number of nitrogens with one attached hydrogen (secondary N) is 2. The van der Waals surface area contributed by atoms with Gasteiger partial charge in [0.15, 0.2) is 5.11 Å². The van der Waals surface area contributed by atoms with E-state index in [1.807, 2.05) is 13.8 Å². The lowest BCUT2D eigenvalue weighted by atomic mass is 10.2. The summed E-state index contributed by atoms with van der Waals surface area (Å²) in [5.41, 5.74) is 4.01. The van der Waals surface area contributed by atoms with E-state index in [-0.39, 0.29) is 0 Å². The van der Waals surface area contributed by atoms with Gasteiger partial charge in [-0.2, -0.15) is 5.10 Å². The minimum atomic E-state index is -0.424. The molecule has 0 aromatic heterocycles. The minimum absolute atomic E-state index is 0.424. The van der Waals surface area contributed by atoms with Crippen molar-refractivity contribution in [2.45, 2.75) is 13.8 Å². The highest BCUT2D eigenvalue weighted by Gasteiger charge is 2.08. The summed E-state index contributed by atoms with van der Waals surface area (Å²) in [6.07, 6.45) is 1.63. The first-order valence-corrected chi connectivity index (χ1v) is 8.65. The molecule has 0 unspecified atom stereocenters. The van der Waals surface area contributed by atoms with Crippen LogP contribution in [0.5, 0.6) is 11.5 Å². The molecule has 136 valence electrons. The van der Waals surface area contributed by atoms with E-state index in [4.69, 9.17) is 21.7 Å². The maximum Gasteiger partial charge on any atom is 0.343 e. The molecular weight excluding hydrogens is 350 g/mol. The van der Waals surface area contributed by atoms with Gasteiger partial charge in [0.25, 0.3) is 0 Å². The fraction of sp³-hybridized carbons (Fsp3) is 0.211. The minimum Gasteiger partial charge on any atom is -0.494 e. The third-order valence-electron chi connectivity index (χ3n) is 3.21. The molecule has 2 N–H and O–H groups in total. The fourth-order valence-electron chi connectivity index (χ4n) is 2.01. The van der Waals surface area contributed by atoms with Crippen LogP contribution in [0.1, 0.15) is 29.8 Å². The Morgan fingerprint density at radius 1 is 1.08 bits per heavy atom. The number of esters is 1. The molecule has 0 bridgehead atoms. The Morgan fingerprint density at radius 3 is 2.35 bits per heavy atom. The molecule has 26 heavy (non-hydrogen) atoms. The zero-order valence-corrected chi connectivity index (χ0v) is 15.5. The van der Waals surface area contributed by atoms with Crippen molar-refractivity contribution in [3.05, 3.63) is 59.7 Å². The summed E-state index contributed by atoms with van der Waals surface area (Å²) in [6.45, 7) is 5.17. The molecule has 0 aliphatic carbocycles. The number of carbonyl (C=O) groups is 1. The van der Waals surface area contributed by atoms with Crippen molar-refractivity contribution in [1.82, 2.24) is 10.7 Å². The number of nitrogens with zero attached hydrogens (tertiary/aromatic N) is 1. The van der Waals surface area contributed by atoms with Crippen molar-refractivity contribution in [3.63, 3.8) is 0 Å². The highest BCUT2D eigenvalue weighted by molar-refractivity contribution is 7.80. The predicted molar refractivity (Wildman–Crippen MR) is 106 cm³/mol. The Balaban J connectivity index is 1.90. The molecule has 0 fully saturated rings. The first kappa shape index (κ1) is 19.4. The number of hydrogen-bond donors (Lipinski definition) is 2. The Hall–Kier alpha value is -2.93. The van der Waals surface area contributed by atoms with E-state index in [0.29, 0.717) is 23.0 Å². The summed E-state index contributed by atoms with van der Waals surface area (Å²) in [7, 11) is 0. The molecule has 7 heteroatoms. The van der Waals surface area contributed by atoms with Gasteiger partial charge in [-0.05, 0) is 80.2 Å². The molecule has 0 spiro atoms. The number of hydrazone groups is 1. The van der Waals surface area contributed by atoms with E-state index in [1.54, 1.807) is 54.7 Å². The molecule has 0 saturated carbocycles. The van der Waals surface area contributed by atoms with Crippen molar-refractivity contribution in [3.8, 4) is 11.5 Å². The number of thiocarbonyl (C=S) groups is 1. The molecule has 2 aromatic rings. The van der Waals surface area contributed by atoms with E-state index in [1.165, 1.54) is 0 Å². The average molecular weight is 371 g/mol. The highest BCUT2D eigenvalue weighted by Crippen LogP contribution is 2.16. The van der Waals surface area contributed by atoms with Gasteiger partial charge in [-0.1, -0.05) is 0 Å². The van der Waals surface area contributed by atoms with Gasteiger partial charge < -0.3 is 14.8 Å². The van der Waals surface area contributed by atoms with Gasteiger partial charge >= 0.3 is 5.97 Å². The smallest absolute Gasteiger partial charge is 0.343 e. The summed E-state index contributed by atoms with van der Waals surface area (Å²) >= 11 is 5.00. The highest BCUT2D eigenvalue weighted by atomic mass is 32.1. The van der Waals surface area contributed by atoms with Gasteiger partial charge in [-0.15, -0.1) is 0 Å². The maximum atomic E-state index is 12.2. The zero-order valence-electron chi connectivity index (χ0n) is 14.7. The van der Waals surface area contributed by atoms with Gasteiger partial charge in [-0.25, -0.2) is 4.79 Å². The summed E-state index contributed by atoms with van der Waals surface area (Å²) in [5.74, 6) is 0.749. The maximum absolute atomic E-state index is 12.2. The van der Waals surface area contributed by atoms with Crippen LogP contribution in [0.3, 0.4) is 0 Å². The van der Waals surface area contributed by atoms with Crippen LogP contribution in [0.2, 0.25) is 0 Å². The summed E-state index contributed by atoms with van der Waals surface area (Å²) < 4.78 is 10.7. The normalized spacial score (nSPS) is 10.4. The van der Waals surface area contributed by atoms with Crippen LogP contribution in [-0.4, -0.2) is 30.4 Å². The van der Waals surface area contributed by atoms with E-state index in [9.17, 15) is 4.79 Å². The second-order valence-corrected chi connectivity index (χ2v) is 5.55. The molecular formula is C19H21N3O3S. The van der Waals surface area contributed by atoms with Gasteiger partial charge in [0, 0.05) is 6.54 Å². The van der Waals surface area contributed by atoms with Crippen molar-refractivity contribution in [2.24, 2.45) is 5.10 Å². The number of benzene rings is 2. The SMILES string of the molecule is CCNC(=S)N/N=C\c1ccc(OC(=O)c2ccc(OCC)cc2)cc1. The van der Waals surface area contributed by atoms with Gasteiger partial charge in [0.05, 0.1) is 18.4 Å². The number of carbonyl (C=O) groups excluding carboxylic acids is 1. The van der Waals surface area contributed by atoms with Crippen LogP contribution in [-0.2, 0) is 0 Å². The third-order valence-corrected chi connectivity index (χ3v) is 3.44.